The van der Waals surface area contributed by atoms with E-state index in [-0.39, 0.29) is 11.8 Å². The van der Waals surface area contributed by atoms with Crippen molar-refractivity contribution >= 4 is 33.5 Å². The van der Waals surface area contributed by atoms with E-state index in [0.29, 0.717) is 17.7 Å². The number of nitrogens with zero attached hydrogens (tertiary/aromatic N) is 1. The van der Waals surface area contributed by atoms with Gasteiger partial charge in [0.25, 0.3) is 5.91 Å². The van der Waals surface area contributed by atoms with Gasteiger partial charge in [0, 0.05) is 41.3 Å². The lowest BCUT2D eigenvalue weighted by Gasteiger charge is -2.32. The molecule has 3 aromatic carbocycles. The van der Waals surface area contributed by atoms with Crippen LogP contribution in [0.25, 0.3) is 0 Å². The molecule has 0 saturated heterocycles. The molecule has 1 aliphatic carbocycles. The van der Waals surface area contributed by atoms with Gasteiger partial charge in [-0.1, -0.05) is 64.5 Å². The van der Waals surface area contributed by atoms with Crippen LogP contribution in [0.5, 0.6) is 0 Å². The highest BCUT2D eigenvalue weighted by Crippen LogP contribution is 2.32. The number of halogens is 1. The SMILES string of the molecule is O=C(NCc1ccc(Br)cc1)c1ccc2c(c1)CCCN2CC1=CCC(c2ccccc2C(=O)O)C=C1. The molecule has 1 atom stereocenters. The van der Waals surface area contributed by atoms with Gasteiger partial charge in [-0.05, 0) is 77.9 Å². The van der Waals surface area contributed by atoms with E-state index in [9.17, 15) is 14.7 Å². The molecule has 6 heteroatoms. The van der Waals surface area contributed by atoms with E-state index in [1.165, 1.54) is 16.8 Å². The zero-order valence-corrected chi connectivity index (χ0v) is 22.1. The molecule has 1 heterocycles. The lowest BCUT2D eigenvalue weighted by molar-refractivity contribution is 0.0695. The summed E-state index contributed by atoms with van der Waals surface area (Å²) in [6.07, 6.45) is 9.27. The fraction of sp³-hybridized carbons (Fsp3) is 0.226. The van der Waals surface area contributed by atoms with Crippen molar-refractivity contribution in [3.05, 3.63) is 123 Å². The number of hydrogen-bond donors (Lipinski definition) is 2. The molecule has 5 nitrogen and oxygen atoms in total. The number of nitrogens with one attached hydrogen (secondary N) is 1. The average Bonchev–Trinajstić information content (AvgIpc) is 2.93. The fourth-order valence-corrected chi connectivity index (χ4v) is 5.38. The van der Waals surface area contributed by atoms with Gasteiger partial charge in [-0.3, -0.25) is 4.79 Å². The molecule has 0 radical (unpaired) electrons. The maximum Gasteiger partial charge on any atom is 0.335 e. The van der Waals surface area contributed by atoms with Gasteiger partial charge in [0.2, 0.25) is 0 Å². The number of aryl methyl sites for hydroxylation is 1. The number of benzene rings is 3. The quantitative estimate of drug-likeness (QED) is 0.348. The largest absolute Gasteiger partial charge is 0.478 e. The van der Waals surface area contributed by atoms with Crippen molar-refractivity contribution in [2.24, 2.45) is 0 Å². The first-order valence-electron chi connectivity index (χ1n) is 12.6. The van der Waals surface area contributed by atoms with Crippen molar-refractivity contribution in [1.29, 1.82) is 0 Å². The number of anilines is 1. The maximum absolute atomic E-state index is 12.8. The van der Waals surface area contributed by atoms with Crippen LogP contribution < -0.4 is 10.2 Å². The summed E-state index contributed by atoms with van der Waals surface area (Å²) in [6, 6.07) is 21.2. The van der Waals surface area contributed by atoms with Crippen molar-refractivity contribution < 1.29 is 14.7 Å². The van der Waals surface area contributed by atoms with Gasteiger partial charge in [0.15, 0.2) is 0 Å². The van der Waals surface area contributed by atoms with Crippen LogP contribution in [0.15, 0.2) is 95.0 Å². The summed E-state index contributed by atoms with van der Waals surface area (Å²) in [5.41, 5.74) is 6.59. The van der Waals surface area contributed by atoms with Gasteiger partial charge >= 0.3 is 5.97 Å². The number of amides is 1. The van der Waals surface area contributed by atoms with Crippen LogP contribution >= 0.6 is 15.9 Å². The number of carbonyl (C=O) groups is 2. The summed E-state index contributed by atoms with van der Waals surface area (Å²) in [5, 5.41) is 12.6. The van der Waals surface area contributed by atoms with Gasteiger partial charge in [0.05, 0.1) is 5.56 Å². The predicted octanol–water partition coefficient (Wildman–Crippen LogP) is 6.50. The van der Waals surface area contributed by atoms with Crippen LogP contribution in [-0.2, 0) is 13.0 Å². The Morgan fingerprint density at radius 2 is 1.86 bits per heavy atom. The molecule has 0 spiro atoms. The maximum atomic E-state index is 12.8. The average molecular weight is 557 g/mol. The number of carboxylic acid groups (broad SMARTS) is 1. The standard InChI is InChI=1S/C31H29BrN2O3/c32-26-14-9-21(10-15-26)19-33-30(35)25-13-16-29-24(18-25)4-3-17-34(29)20-22-7-11-23(12-8-22)27-5-1-2-6-28(27)31(36)37/h1-2,5-11,13-16,18,23H,3-4,12,17,19-20H2,(H,33,35)(H,36,37). The summed E-state index contributed by atoms with van der Waals surface area (Å²) in [6.45, 7) is 2.26. The molecule has 3 aromatic rings. The Hall–Kier alpha value is -3.64. The third kappa shape index (κ3) is 5.86. The first kappa shape index (κ1) is 25.0. The molecule has 0 bridgehead atoms. The lowest BCUT2D eigenvalue weighted by Crippen LogP contribution is -2.31. The summed E-state index contributed by atoms with van der Waals surface area (Å²) in [7, 11) is 0. The molecule has 0 fully saturated rings. The summed E-state index contributed by atoms with van der Waals surface area (Å²) in [5.74, 6) is -0.873. The smallest absolute Gasteiger partial charge is 0.335 e. The van der Waals surface area contributed by atoms with E-state index in [1.807, 2.05) is 48.5 Å². The molecule has 37 heavy (non-hydrogen) atoms. The topological polar surface area (TPSA) is 69.6 Å². The number of fused-ring (bicyclic) bond motifs is 1. The summed E-state index contributed by atoms with van der Waals surface area (Å²) < 4.78 is 1.02. The number of hydrogen-bond acceptors (Lipinski definition) is 3. The minimum Gasteiger partial charge on any atom is -0.478 e. The Balaban J connectivity index is 1.23. The van der Waals surface area contributed by atoms with Crippen molar-refractivity contribution in [2.45, 2.75) is 31.7 Å². The molecule has 1 unspecified atom stereocenters. The molecule has 2 N–H and O–H groups in total. The molecule has 0 aromatic heterocycles. The fourth-order valence-electron chi connectivity index (χ4n) is 5.12. The van der Waals surface area contributed by atoms with Crippen molar-refractivity contribution in [3.63, 3.8) is 0 Å². The third-order valence-corrected chi connectivity index (χ3v) is 7.59. The normalized spacial score (nSPS) is 16.6. The first-order valence-corrected chi connectivity index (χ1v) is 13.4. The van der Waals surface area contributed by atoms with Crippen LogP contribution in [0.2, 0.25) is 0 Å². The van der Waals surface area contributed by atoms with E-state index >= 15 is 0 Å². The number of allylic oxidation sites excluding steroid dienone is 2. The zero-order chi connectivity index (χ0) is 25.8. The van der Waals surface area contributed by atoms with E-state index in [1.54, 1.807) is 12.1 Å². The van der Waals surface area contributed by atoms with Crippen LogP contribution in [0, 0.1) is 0 Å². The van der Waals surface area contributed by atoms with Gasteiger partial charge in [0.1, 0.15) is 0 Å². The molecular weight excluding hydrogens is 528 g/mol. The van der Waals surface area contributed by atoms with Crippen molar-refractivity contribution in [2.75, 3.05) is 18.0 Å². The minimum absolute atomic E-state index is 0.0616. The Bertz CT molecular complexity index is 1380. The minimum atomic E-state index is -0.884. The predicted molar refractivity (Wildman–Crippen MR) is 150 cm³/mol. The van der Waals surface area contributed by atoms with Crippen LogP contribution in [0.3, 0.4) is 0 Å². The second-order valence-electron chi connectivity index (χ2n) is 9.55. The monoisotopic (exact) mass is 556 g/mol. The molecular formula is C31H29BrN2O3. The molecule has 1 amide bonds. The second-order valence-corrected chi connectivity index (χ2v) is 10.5. The van der Waals surface area contributed by atoms with Crippen molar-refractivity contribution in [3.8, 4) is 0 Å². The van der Waals surface area contributed by atoms with Gasteiger partial charge in [-0.15, -0.1) is 0 Å². The Morgan fingerprint density at radius 3 is 2.62 bits per heavy atom. The molecule has 2 aliphatic rings. The molecule has 0 saturated carbocycles. The number of rotatable bonds is 7. The molecule has 188 valence electrons. The van der Waals surface area contributed by atoms with Crippen LogP contribution in [0.1, 0.15) is 56.2 Å². The second kappa shape index (κ2) is 11.2. The zero-order valence-electron chi connectivity index (χ0n) is 20.5. The summed E-state index contributed by atoms with van der Waals surface area (Å²) >= 11 is 3.43. The highest BCUT2D eigenvalue weighted by Gasteiger charge is 2.22. The third-order valence-electron chi connectivity index (χ3n) is 7.06. The van der Waals surface area contributed by atoms with Gasteiger partial charge in [-0.2, -0.15) is 0 Å². The van der Waals surface area contributed by atoms with E-state index in [4.69, 9.17) is 0 Å². The molecule has 5 rings (SSSR count). The number of carbonyl (C=O) groups excluding carboxylic acids is 1. The van der Waals surface area contributed by atoms with E-state index in [0.717, 1.165) is 48.0 Å². The number of aromatic carboxylic acids is 1. The Morgan fingerprint density at radius 1 is 1.05 bits per heavy atom. The van der Waals surface area contributed by atoms with Crippen LogP contribution in [-0.4, -0.2) is 30.1 Å². The van der Waals surface area contributed by atoms with E-state index < -0.39 is 5.97 Å². The number of carboxylic acids is 1. The molecule has 1 aliphatic heterocycles. The Kier molecular flexibility index (Phi) is 7.56. The highest BCUT2D eigenvalue weighted by atomic mass is 79.9. The first-order chi connectivity index (χ1) is 18.0. The van der Waals surface area contributed by atoms with Gasteiger partial charge in [-0.25, -0.2) is 4.79 Å². The lowest BCUT2D eigenvalue weighted by atomic mass is 9.87. The Labute approximate surface area is 225 Å². The highest BCUT2D eigenvalue weighted by molar-refractivity contribution is 9.10. The van der Waals surface area contributed by atoms with Gasteiger partial charge < -0.3 is 15.3 Å². The summed E-state index contributed by atoms with van der Waals surface area (Å²) in [4.78, 5) is 26.8. The van der Waals surface area contributed by atoms with E-state index in [2.05, 4.69) is 50.4 Å². The van der Waals surface area contributed by atoms with Crippen molar-refractivity contribution in [1.82, 2.24) is 5.32 Å². The van der Waals surface area contributed by atoms with Crippen LogP contribution in [0.4, 0.5) is 5.69 Å².